The Morgan fingerprint density at radius 1 is 1.04 bits per heavy atom. The third-order valence-corrected chi connectivity index (χ3v) is 11.3. The number of carbonyl (C=O) groups excluding carboxylic acids is 2. The zero-order valence-electron chi connectivity index (χ0n) is 29.6. The van der Waals surface area contributed by atoms with Crippen molar-refractivity contribution in [2.45, 2.75) is 88.4 Å². The molecule has 1 aliphatic carbocycles. The zero-order chi connectivity index (χ0) is 36.1. The van der Waals surface area contributed by atoms with Crippen molar-refractivity contribution in [1.82, 2.24) is 20.2 Å². The number of ether oxygens (including phenoxy) is 1. The fourth-order valence-corrected chi connectivity index (χ4v) is 8.36. The van der Waals surface area contributed by atoms with Crippen molar-refractivity contribution in [3.8, 4) is 5.75 Å². The first kappa shape index (κ1) is 35.8. The molecule has 11 nitrogen and oxygen atoms in total. The van der Waals surface area contributed by atoms with Crippen LogP contribution in [-0.4, -0.2) is 69.2 Å². The number of piperidine rings is 3. The van der Waals surface area contributed by atoms with E-state index in [2.05, 4.69) is 43.7 Å². The zero-order valence-corrected chi connectivity index (χ0v) is 29.6. The average Bonchev–Trinajstić information content (AvgIpc) is 3.16. The molecule has 2 aromatic heterocycles. The minimum absolute atomic E-state index is 0.00655. The smallest absolute Gasteiger partial charge is 0.316 e. The molecule has 3 aliphatic heterocycles. The number of nitrogens with one attached hydrogen (secondary N) is 3. The number of hydrogen-bond donors (Lipinski definition) is 5. The van der Waals surface area contributed by atoms with E-state index in [0.29, 0.717) is 47.5 Å². The number of pyridine rings is 2. The summed E-state index contributed by atoms with van der Waals surface area (Å²) in [6, 6.07) is 18.1. The summed E-state index contributed by atoms with van der Waals surface area (Å²) in [5, 5.41) is 27.6. The van der Waals surface area contributed by atoms with Crippen molar-refractivity contribution in [3.05, 3.63) is 99.6 Å². The van der Waals surface area contributed by atoms with Gasteiger partial charge in [0.05, 0.1) is 34.6 Å². The summed E-state index contributed by atoms with van der Waals surface area (Å²) in [6.45, 7) is 3.73. The van der Waals surface area contributed by atoms with Crippen molar-refractivity contribution >= 4 is 28.5 Å². The molecule has 5 heterocycles. The first-order valence-corrected chi connectivity index (χ1v) is 18.8. The Kier molecular flexibility index (Phi) is 11.0. The van der Waals surface area contributed by atoms with Gasteiger partial charge in [-0.15, -0.1) is 0 Å². The number of H-pyrrole nitrogens is 1. The quantitative estimate of drug-likeness (QED) is 0.117. The molecule has 4 fully saturated rings. The molecule has 5 N–H and O–H groups in total. The predicted molar refractivity (Wildman–Crippen MR) is 199 cm³/mol. The van der Waals surface area contributed by atoms with Crippen LogP contribution in [0.25, 0.3) is 10.9 Å². The molecule has 11 heteroatoms. The van der Waals surface area contributed by atoms with Gasteiger partial charge < -0.3 is 30.6 Å². The van der Waals surface area contributed by atoms with E-state index in [4.69, 9.17) is 4.74 Å². The fourth-order valence-electron chi connectivity index (χ4n) is 8.36. The highest BCUT2D eigenvalue weighted by Gasteiger charge is 2.46. The number of esters is 1. The maximum absolute atomic E-state index is 13.9. The number of aromatic amines is 1. The van der Waals surface area contributed by atoms with Crippen molar-refractivity contribution in [2.24, 2.45) is 5.92 Å². The topological polar surface area (TPSA) is 157 Å². The number of aromatic hydroxyl groups is 1. The van der Waals surface area contributed by atoms with Gasteiger partial charge in [0, 0.05) is 37.5 Å². The molecule has 2 bridgehead atoms. The summed E-state index contributed by atoms with van der Waals surface area (Å²) in [6.07, 6.45) is 9.61. The van der Waals surface area contributed by atoms with Crippen molar-refractivity contribution in [3.63, 3.8) is 0 Å². The van der Waals surface area contributed by atoms with Crippen LogP contribution in [0.15, 0.2) is 71.7 Å². The molecular formula is C41H49N5O6. The number of fused-ring (bicyclic) bond motifs is 4. The Bertz CT molecular complexity index is 1930. The molecule has 4 aliphatic rings. The number of aliphatic hydroxyl groups is 1. The number of hydrogen-bond acceptors (Lipinski definition) is 9. The van der Waals surface area contributed by atoms with Gasteiger partial charge in [-0.2, -0.15) is 0 Å². The molecule has 3 saturated heterocycles. The third kappa shape index (κ3) is 8.06. The summed E-state index contributed by atoms with van der Waals surface area (Å²) in [5.41, 5.74) is 3.50. The number of amides is 1. The number of carbonyl (C=O) groups is 2. The lowest BCUT2D eigenvalue weighted by Crippen LogP contribution is -2.53. The van der Waals surface area contributed by atoms with Gasteiger partial charge in [-0.1, -0.05) is 49.6 Å². The molecule has 0 radical (unpaired) electrons. The minimum atomic E-state index is -0.875. The number of aliphatic hydroxyl groups excluding tert-OH is 1. The molecule has 8 rings (SSSR count). The number of phenols is 1. The molecule has 274 valence electrons. The van der Waals surface area contributed by atoms with Gasteiger partial charge in [-0.25, -0.2) is 0 Å². The highest BCUT2D eigenvalue weighted by Crippen LogP contribution is 2.42. The summed E-state index contributed by atoms with van der Waals surface area (Å²) in [5.74, 6) is 0.302. The minimum Gasteiger partial charge on any atom is -0.506 e. The number of benzene rings is 2. The summed E-state index contributed by atoms with van der Waals surface area (Å²) >= 11 is 0. The molecule has 4 aromatic rings. The van der Waals surface area contributed by atoms with Crippen LogP contribution in [0.1, 0.15) is 86.3 Å². The lowest BCUT2D eigenvalue weighted by Gasteiger charge is -2.45. The Morgan fingerprint density at radius 2 is 1.87 bits per heavy atom. The van der Waals surface area contributed by atoms with Crippen LogP contribution >= 0.6 is 0 Å². The van der Waals surface area contributed by atoms with Crippen LogP contribution in [0.3, 0.4) is 0 Å². The molecule has 0 spiro atoms. The van der Waals surface area contributed by atoms with Crippen molar-refractivity contribution < 1.29 is 24.5 Å². The summed E-state index contributed by atoms with van der Waals surface area (Å²) in [7, 11) is 0. The van der Waals surface area contributed by atoms with Gasteiger partial charge in [-0.05, 0) is 98.5 Å². The Labute approximate surface area is 303 Å². The molecule has 0 unspecified atom stereocenters. The Balaban J connectivity index is 0.878. The highest BCUT2D eigenvalue weighted by molar-refractivity contribution is 5.90. The molecular weight excluding hydrogens is 658 g/mol. The average molecular weight is 708 g/mol. The van der Waals surface area contributed by atoms with Crippen LogP contribution in [0, 0.1) is 5.92 Å². The molecule has 2 aromatic carbocycles. The predicted octanol–water partition coefficient (Wildman–Crippen LogP) is 5.25. The second-order valence-corrected chi connectivity index (χ2v) is 14.8. The number of rotatable bonds is 13. The second-order valence-electron chi connectivity index (χ2n) is 14.8. The lowest BCUT2D eigenvalue weighted by atomic mass is 9.69. The van der Waals surface area contributed by atoms with Crippen molar-refractivity contribution in [2.75, 3.05) is 31.5 Å². The van der Waals surface area contributed by atoms with Crippen LogP contribution in [0.4, 0.5) is 5.69 Å². The van der Waals surface area contributed by atoms with Crippen LogP contribution < -0.4 is 16.2 Å². The van der Waals surface area contributed by atoms with E-state index in [0.717, 1.165) is 87.8 Å². The SMILES string of the molecule is O=C(CCCc1cccc(C2(C(=O)O[C@H]3CN4CCC3CC4)CCCCC2)c1)Nc1ccc(CNC[C@H](O)c2ccc(O)c3[nH]c(=O)ccc23)nc1. The van der Waals surface area contributed by atoms with Gasteiger partial charge in [0.25, 0.3) is 0 Å². The number of anilines is 1. The molecule has 52 heavy (non-hydrogen) atoms. The van der Waals surface area contributed by atoms with E-state index >= 15 is 0 Å². The molecule has 1 saturated carbocycles. The van der Waals surface area contributed by atoms with Crippen LogP contribution in [0.5, 0.6) is 5.75 Å². The summed E-state index contributed by atoms with van der Waals surface area (Å²) in [4.78, 5) is 47.9. The second kappa shape index (κ2) is 16.0. The monoisotopic (exact) mass is 707 g/mol. The van der Waals surface area contributed by atoms with Gasteiger partial charge in [0.2, 0.25) is 11.5 Å². The molecule has 1 amide bonds. The Morgan fingerprint density at radius 3 is 2.62 bits per heavy atom. The van der Waals surface area contributed by atoms with Crippen LogP contribution in [-0.2, 0) is 32.7 Å². The fraction of sp³-hybridized carbons (Fsp3) is 0.463. The molecule has 2 atom stereocenters. The van der Waals surface area contributed by atoms with Gasteiger partial charge in [0.15, 0.2) is 0 Å². The first-order chi connectivity index (χ1) is 25.3. The first-order valence-electron chi connectivity index (χ1n) is 18.8. The van der Waals surface area contributed by atoms with E-state index < -0.39 is 11.5 Å². The van der Waals surface area contributed by atoms with E-state index in [1.807, 2.05) is 18.2 Å². The summed E-state index contributed by atoms with van der Waals surface area (Å²) < 4.78 is 6.34. The lowest BCUT2D eigenvalue weighted by molar-refractivity contribution is -0.167. The maximum Gasteiger partial charge on any atom is 0.316 e. The number of phenolic OH excluding ortho intramolecular Hbond substituents is 1. The maximum atomic E-state index is 13.9. The van der Waals surface area contributed by atoms with Gasteiger partial charge in [-0.3, -0.25) is 24.3 Å². The largest absolute Gasteiger partial charge is 0.506 e. The number of nitrogens with zero attached hydrogens (tertiary/aromatic N) is 2. The van der Waals surface area contributed by atoms with Crippen LogP contribution in [0.2, 0.25) is 0 Å². The normalized spacial score (nSPS) is 21.4. The van der Waals surface area contributed by atoms with E-state index in [9.17, 15) is 24.6 Å². The highest BCUT2D eigenvalue weighted by atomic mass is 16.5. The van der Waals surface area contributed by atoms with Crippen molar-refractivity contribution in [1.29, 1.82) is 0 Å². The number of aromatic nitrogens is 2. The standard InChI is InChI=1S/C41H49N5O6/c47-34-14-12-32(33-13-15-38(50)45-39(33)34)35(48)25-42-23-30-10-11-31(24-43-30)44-37(49)9-5-7-27-6-4-8-29(22-27)41(18-2-1-3-19-41)40(51)52-36-26-46-20-16-28(36)17-21-46/h4,6,8,10-15,22,24,28,35-36,42,47-48H,1-3,5,7,9,16-21,23,25-26H2,(H,44,49)(H,45,50)/t35-,36-/m0/s1. The van der Waals surface area contributed by atoms with Gasteiger partial charge in [0.1, 0.15) is 11.9 Å². The van der Waals surface area contributed by atoms with Gasteiger partial charge >= 0.3 is 5.97 Å². The van der Waals surface area contributed by atoms with E-state index in [-0.39, 0.29) is 35.8 Å². The van der Waals surface area contributed by atoms with E-state index in [1.54, 1.807) is 18.3 Å². The number of aryl methyl sites for hydroxylation is 1. The third-order valence-electron chi connectivity index (χ3n) is 11.3. The Hall–Kier alpha value is -4.58. The van der Waals surface area contributed by atoms with E-state index in [1.165, 1.54) is 12.1 Å².